The summed E-state index contributed by atoms with van der Waals surface area (Å²) in [5.74, 6) is -0.972. The second kappa shape index (κ2) is 9.20. The Labute approximate surface area is 153 Å². The third-order valence-corrected chi connectivity index (χ3v) is 4.07. The van der Waals surface area contributed by atoms with E-state index in [0.717, 1.165) is 5.56 Å². The Balaban J connectivity index is 2.77. The topological polar surface area (TPSA) is 77.8 Å². The average molecular weight is 359 g/mol. The van der Waals surface area contributed by atoms with Crippen LogP contribution >= 0.6 is 0 Å². The molecular weight excluding hydrogens is 334 g/mol. The molecule has 0 aliphatic carbocycles. The second-order valence-corrected chi connectivity index (χ2v) is 5.72. The largest absolute Gasteiger partial charge is 0.462 e. The highest BCUT2D eigenvalue weighted by Gasteiger charge is 2.31. The number of ether oxygens (including phenoxy) is 2. The van der Waals surface area contributed by atoms with Gasteiger partial charge in [0.05, 0.1) is 18.8 Å². The maximum Gasteiger partial charge on any atom is 0.355 e. The molecule has 26 heavy (non-hydrogen) atoms. The summed E-state index contributed by atoms with van der Waals surface area (Å²) in [5, 5.41) is 9.22. The van der Waals surface area contributed by atoms with Gasteiger partial charge in [0.15, 0.2) is 0 Å². The molecule has 0 saturated heterocycles. The van der Waals surface area contributed by atoms with Crippen LogP contribution in [0.2, 0.25) is 0 Å². The molecule has 0 radical (unpaired) electrons. The fourth-order valence-corrected chi connectivity index (χ4v) is 3.00. The van der Waals surface area contributed by atoms with Crippen molar-refractivity contribution in [2.45, 2.75) is 33.7 Å². The number of aromatic nitrogens is 1. The van der Waals surface area contributed by atoms with Gasteiger partial charge in [0, 0.05) is 24.4 Å². The summed E-state index contributed by atoms with van der Waals surface area (Å²) in [6, 6.07) is 9.25. The van der Waals surface area contributed by atoms with E-state index >= 15 is 0 Å². The van der Waals surface area contributed by atoms with Gasteiger partial charge in [0.1, 0.15) is 5.69 Å². The van der Waals surface area contributed by atoms with Gasteiger partial charge in [0.2, 0.25) is 0 Å². The zero-order valence-corrected chi connectivity index (χ0v) is 15.4. The fourth-order valence-electron chi connectivity index (χ4n) is 3.00. The number of aliphatic hydroxyl groups excluding tert-OH is 1. The molecule has 1 aromatic heterocycles. The molecule has 0 unspecified atom stereocenters. The standard InChI is InChI=1S/C20H25NO5/c1-4-25-19(23)16-14(3)21(12-9-13-22)18(20(24)26-5-2)17(16)15-10-7-6-8-11-15/h6-8,10-11,22H,4-5,9,12-13H2,1-3H3. The lowest BCUT2D eigenvalue weighted by Gasteiger charge is -2.11. The van der Waals surface area contributed by atoms with Gasteiger partial charge in [0.25, 0.3) is 0 Å². The maximum absolute atomic E-state index is 12.7. The van der Waals surface area contributed by atoms with Gasteiger partial charge in [-0.2, -0.15) is 0 Å². The normalized spacial score (nSPS) is 10.6. The summed E-state index contributed by atoms with van der Waals surface area (Å²) in [6.45, 7) is 6.10. The van der Waals surface area contributed by atoms with Crippen molar-refractivity contribution in [1.82, 2.24) is 4.57 Å². The van der Waals surface area contributed by atoms with E-state index in [1.165, 1.54) is 0 Å². The van der Waals surface area contributed by atoms with Crippen molar-refractivity contribution in [2.75, 3.05) is 19.8 Å². The SMILES string of the molecule is CCOC(=O)c1c(-c2ccccc2)c(C(=O)OCC)n(CCCO)c1C. The first-order chi connectivity index (χ1) is 12.6. The molecule has 0 atom stereocenters. The predicted octanol–water partition coefficient (Wildman–Crippen LogP) is 3.20. The van der Waals surface area contributed by atoms with Gasteiger partial charge in [-0.25, -0.2) is 9.59 Å². The lowest BCUT2D eigenvalue weighted by Crippen LogP contribution is -2.15. The smallest absolute Gasteiger partial charge is 0.355 e. The molecule has 1 N–H and O–H groups in total. The Morgan fingerprint density at radius 2 is 1.65 bits per heavy atom. The predicted molar refractivity (Wildman–Crippen MR) is 98.2 cm³/mol. The summed E-state index contributed by atoms with van der Waals surface area (Å²) in [4.78, 5) is 25.4. The van der Waals surface area contributed by atoms with Crippen LogP contribution in [0, 0.1) is 6.92 Å². The number of carbonyl (C=O) groups is 2. The highest BCUT2D eigenvalue weighted by molar-refractivity contribution is 6.06. The van der Waals surface area contributed by atoms with Crippen LogP contribution < -0.4 is 0 Å². The number of esters is 2. The highest BCUT2D eigenvalue weighted by Crippen LogP contribution is 2.34. The minimum Gasteiger partial charge on any atom is -0.462 e. The fraction of sp³-hybridized carbons (Fsp3) is 0.400. The molecule has 0 bridgehead atoms. The Morgan fingerprint density at radius 3 is 2.23 bits per heavy atom. The van der Waals surface area contributed by atoms with E-state index in [1.807, 2.05) is 30.3 Å². The molecule has 1 aromatic carbocycles. The number of carbonyl (C=O) groups excluding carboxylic acids is 2. The van der Waals surface area contributed by atoms with Gasteiger partial charge in [-0.05, 0) is 32.8 Å². The molecule has 2 rings (SSSR count). The van der Waals surface area contributed by atoms with E-state index in [1.54, 1.807) is 25.3 Å². The molecule has 0 amide bonds. The van der Waals surface area contributed by atoms with E-state index in [-0.39, 0.29) is 19.8 Å². The third kappa shape index (κ3) is 3.96. The molecule has 140 valence electrons. The summed E-state index contributed by atoms with van der Waals surface area (Å²) in [6.07, 6.45) is 0.457. The maximum atomic E-state index is 12.7. The summed E-state index contributed by atoms with van der Waals surface area (Å²) in [5.41, 5.74) is 2.55. The van der Waals surface area contributed by atoms with Gasteiger partial charge in [-0.1, -0.05) is 30.3 Å². The summed E-state index contributed by atoms with van der Waals surface area (Å²) < 4.78 is 12.2. The van der Waals surface area contributed by atoms with Gasteiger partial charge in [-0.15, -0.1) is 0 Å². The quantitative estimate of drug-likeness (QED) is 0.733. The molecule has 0 fully saturated rings. The lowest BCUT2D eigenvalue weighted by molar-refractivity contribution is 0.0511. The van der Waals surface area contributed by atoms with Gasteiger partial charge in [-0.3, -0.25) is 0 Å². The molecule has 0 saturated carbocycles. The molecule has 6 nitrogen and oxygen atoms in total. The van der Waals surface area contributed by atoms with E-state index in [0.29, 0.717) is 35.5 Å². The van der Waals surface area contributed by atoms with Crippen molar-refractivity contribution >= 4 is 11.9 Å². The van der Waals surface area contributed by atoms with Gasteiger partial charge >= 0.3 is 11.9 Å². The van der Waals surface area contributed by atoms with Crippen LogP contribution in [0.25, 0.3) is 11.1 Å². The van der Waals surface area contributed by atoms with Gasteiger partial charge < -0.3 is 19.1 Å². The van der Waals surface area contributed by atoms with Crippen LogP contribution in [-0.4, -0.2) is 41.4 Å². The highest BCUT2D eigenvalue weighted by atomic mass is 16.5. The molecule has 6 heteroatoms. The van der Waals surface area contributed by atoms with E-state index < -0.39 is 11.9 Å². The Morgan fingerprint density at radius 1 is 1.04 bits per heavy atom. The van der Waals surface area contributed by atoms with Crippen molar-refractivity contribution in [2.24, 2.45) is 0 Å². The first-order valence-electron chi connectivity index (χ1n) is 8.80. The van der Waals surface area contributed by atoms with E-state index in [9.17, 15) is 14.7 Å². The minimum absolute atomic E-state index is 0.0186. The number of hydrogen-bond acceptors (Lipinski definition) is 5. The Bertz CT molecular complexity index is 764. The van der Waals surface area contributed by atoms with Crippen molar-refractivity contribution in [3.05, 3.63) is 47.3 Å². The molecule has 0 aliphatic heterocycles. The number of aliphatic hydroxyl groups is 1. The Hall–Kier alpha value is -2.60. The van der Waals surface area contributed by atoms with Crippen molar-refractivity contribution in [1.29, 1.82) is 0 Å². The first kappa shape index (κ1) is 19.7. The molecular formula is C20H25NO5. The molecule has 2 aromatic rings. The molecule has 1 heterocycles. The third-order valence-electron chi connectivity index (χ3n) is 4.07. The van der Waals surface area contributed by atoms with E-state index in [2.05, 4.69) is 0 Å². The average Bonchev–Trinajstić information content (AvgIpc) is 2.93. The van der Waals surface area contributed by atoms with Crippen molar-refractivity contribution < 1.29 is 24.2 Å². The van der Waals surface area contributed by atoms with Crippen LogP contribution in [0.3, 0.4) is 0 Å². The monoisotopic (exact) mass is 359 g/mol. The number of nitrogens with zero attached hydrogens (tertiary/aromatic N) is 1. The molecule has 0 spiro atoms. The zero-order chi connectivity index (χ0) is 19.1. The van der Waals surface area contributed by atoms with Crippen LogP contribution in [0.15, 0.2) is 30.3 Å². The number of benzene rings is 1. The second-order valence-electron chi connectivity index (χ2n) is 5.72. The van der Waals surface area contributed by atoms with Crippen molar-refractivity contribution in [3.8, 4) is 11.1 Å². The van der Waals surface area contributed by atoms with Crippen LogP contribution in [0.5, 0.6) is 0 Å². The lowest BCUT2D eigenvalue weighted by atomic mass is 10.00. The Kier molecular flexibility index (Phi) is 6.97. The first-order valence-corrected chi connectivity index (χ1v) is 8.80. The summed E-state index contributed by atoms with van der Waals surface area (Å²) >= 11 is 0. The van der Waals surface area contributed by atoms with Crippen LogP contribution in [0.1, 0.15) is 46.8 Å². The number of hydrogen-bond donors (Lipinski definition) is 1. The van der Waals surface area contributed by atoms with Crippen LogP contribution in [0.4, 0.5) is 0 Å². The number of rotatable bonds is 8. The molecule has 0 aliphatic rings. The van der Waals surface area contributed by atoms with Crippen molar-refractivity contribution in [3.63, 3.8) is 0 Å². The summed E-state index contributed by atoms with van der Waals surface area (Å²) in [7, 11) is 0. The zero-order valence-electron chi connectivity index (χ0n) is 15.4. The van der Waals surface area contributed by atoms with E-state index in [4.69, 9.17) is 9.47 Å². The minimum atomic E-state index is -0.497. The van der Waals surface area contributed by atoms with Crippen LogP contribution in [-0.2, 0) is 16.0 Å².